The fraction of sp³-hybridized carbons (Fsp3) is 0.200. The van der Waals surface area contributed by atoms with E-state index in [1.165, 1.54) is 24.3 Å². The number of halogens is 4. The molecule has 22 heavy (non-hydrogen) atoms. The van der Waals surface area contributed by atoms with Crippen molar-refractivity contribution in [2.24, 2.45) is 0 Å². The van der Waals surface area contributed by atoms with Crippen molar-refractivity contribution in [3.63, 3.8) is 0 Å². The Hall–Kier alpha value is -2.44. The number of hydrogen-bond donors (Lipinski definition) is 2. The van der Waals surface area contributed by atoms with Crippen molar-refractivity contribution in [3.8, 4) is 5.75 Å². The van der Waals surface area contributed by atoms with Crippen LogP contribution in [0.2, 0.25) is 0 Å². The van der Waals surface area contributed by atoms with Gasteiger partial charge in [0.1, 0.15) is 11.6 Å². The van der Waals surface area contributed by atoms with Gasteiger partial charge in [0.15, 0.2) is 0 Å². The number of anilines is 2. The van der Waals surface area contributed by atoms with Gasteiger partial charge in [0, 0.05) is 11.4 Å². The Morgan fingerprint density at radius 1 is 0.864 bits per heavy atom. The minimum Gasteiger partial charge on any atom is -0.406 e. The van der Waals surface area contributed by atoms with Gasteiger partial charge in [-0.15, -0.1) is 13.2 Å². The molecule has 0 aromatic heterocycles. The Morgan fingerprint density at radius 2 is 1.41 bits per heavy atom. The lowest BCUT2D eigenvalue weighted by atomic mass is 10.3. The van der Waals surface area contributed by atoms with Crippen LogP contribution in [0.5, 0.6) is 5.75 Å². The molecule has 0 bridgehead atoms. The van der Waals surface area contributed by atoms with E-state index in [1.54, 1.807) is 12.1 Å². The Balaban J connectivity index is 0.000000382. The highest BCUT2D eigenvalue weighted by molar-refractivity contribution is 5.41. The Morgan fingerprint density at radius 3 is 1.77 bits per heavy atom. The molecule has 7 heteroatoms. The lowest BCUT2D eigenvalue weighted by Gasteiger charge is -2.07. The number of nitrogens with two attached hydrogens (primary N) is 2. The fourth-order valence-electron chi connectivity index (χ4n) is 1.18. The summed E-state index contributed by atoms with van der Waals surface area (Å²) in [5, 5.41) is 0. The zero-order chi connectivity index (χ0) is 17.2. The third-order valence-electron chi connectivity index (χ3n) is 1.96. The maximum Gasteiger partial charge on any atom is 0.573 e. The first kappa shape index (κ1) is 19.6. The molecule has 0 fully saturated rings. The second-order valence-electron chi connectivity index (χ2n) is 3.67. The van der Waals surface area contributed by atoms with E-state index in [0.717, 1.165) is 12.1 Å². The van der Waals surface area contributed by atoms with Crippen LogP contribution in [0.3, 0.4) is 0 Å². The van der Waals surface area contributed by atoms with E-state index in [9.17, 15) is 17.6 Å². The molecule has 0 aliphatic rings. The SMILES string of the molecule is CC.Nc1ccc(OC(F)(F)F)cc1.Nc1cccc(F)c1. The second kappa shape index (κ2) is 9.49. The van der Waals surface area contributed by atoms with Gasteiger partial charge >= 0.3 is 6.36 Å². The van der Waals surface area contributed by atoms with Crippen LogP contribution in [0.15, 0.2) is 48.5 Å². The standard InChI is InChI=1S/C7H6F3NO.C6H6FN.C2H6/c8-7(9,10)12-6-3-1-5(11)2-4-6;7-5-2-1-3-6(8)4-5;1-2/h1-4H,11H2;1-4H,8H2;1-2H3. The first-order valence-corrected chi connectivity index (χ1v) is 6.38. The zero-order valence-electron chi connectivity index (χ0n) is 12.2. The van der Waals surface area contributed by atoms with Crippen molar-refractivity contribution in [3.05, 3.63) is 54.3 Å². The maximum atomic E-state index is 12.1. The van der Waals surface area contributed by atoms with Crippen LogP contribution in [0.1, 0.15) is 13.8 Å². The van der Waals surface area contributed by atoms with Crippen LogP contribution < -0.4 is 16.2 Å². The number of hydrogen-bond acceptors (Lipinski definition) is 3. The molecule has 0 saturated heterocycles. The summed E-state index contributed by atoms with van der Waals surface area (Å²) in [7, 11) is 0. The molecular formula is C15H18F4N2O. The molecular weight excluding hydrogens is 300 g/mol. The van der Waals surface area contributed by atoms with E-state index in [1.807, 2.05) is 13.8 Å². The van der Waals surface area contributed by atoms with Crippen molar-refractivity contribution in [2.45, 2.75) is 20.2 Å². The highest BCUT2D eigenvalue weighted by Gasteiger charge is 2.30. The van der Waals surface area contributed by atoms with Crippen LogP contribution >= 0.6 is 0 Å². The summed E-state index contributed by atoms with van der Waals surface area (Å²) in [6.45, 7) is 4.00. The highest BCUT2D eigenvalue weighted by atomic mass is 19.4. The molecule has 0 spiro atoms. The summed E-state index contributed by atoms with van der Waals surface area (Å²) in [5.41, 5.74) is 11.3. The highest BCUT2D eigenvalue weighted by Crippen LogP contribution is 2.22. The molecule has 122 valence electrons. The predicted octanol–water partition coefficient (Wildman–Crippen LogP) is 4.60. The number of rotatable bonds is 1. The van der Waals surface area contributed by atoms with Crippen molar-refractivity contribution in [2.75, 3.05) is 11.5 Å². The van der Waals surface area contributed by atoms with Crippen LogP contribution in [-0.4, -0.2) is 6.36 Å². The Kier molecular flexibility index (Phi) is 8.44. The number of ether oxygens (including phenoxy) is 1. The van der Waals surface area contributed by atoms with E-state index >= 15 is 0 Å². The lowest BCUT2D eigenvalue weighted by Crippen LogP contribution is -2.16. The van der Waals surface area contributed by atoms with Gasteiger partial charge in [-0.2, -0.15) is 0 Å². The number of nitrogen functional groups attached to an aromatic ring is 2. The van der Waals surface area contributed by atoms with Gasteiger partial charge in [0.25, 0.3) is 0 Å². The zero-order valence-corrected chi connectivity index (χ0v) is 12.2. The van der Waals surface area contributed by atoms with Crippen molar-refractivity contribution in [1.82, 2.24) is 0 Å². The summed E-state index contributed by atoms with van der Waals surface area (Å²) >= 11 is 0. The topological polar surface area (TPSA) is 61.3 Å². The van der Waals surface area contributed by atoms with Crippen LogP contribution in [0, 0.1) is 5.82 Å². The minimum atomic E-state index is -4.64. The molecule has 0 aliphatic carbocycles. The van der Waals surface area contributed by atoms with Crippen LogP contribution in [-0.2, 0) is 0 Å². The molecule has 0 radical (unpaired) electrons. The Labute approximate surface area is 126 Å². The monoisotopic (exact) mass is 318 g/mol. The van der Waals surface area contributed by atoms with E-state index in [4.69, 9.17) is 11.5 Å². The third kappa shape index (κ3) is 9.46. The summed E-state index contributed by atoms with van der Waals surface area (Å²) in [4.78, 5) is 0. The fourth-order valence-corrected chi connectivity index (χ4v) is 1.18. The smallest absolute Gasteiger partial charge is 0.406 e. The minimum absolute atomic E-state index is 0.267. The second-order valence-corrected chi connectivity index (χ2v) is 3.67. The van der Waals surface area contributed by atoms with Gasteiger partial charge in [-0.3, -0.25) is 0 Å². The van der Waals surface area contributed by atoms with Gasteiger partial charge in [-0.05, 0) is 42.5 Å². The summed E-state index contributed by atoms with van der Waals surface area (Å²) in [5.74, 6) is -0.554. The molecule has 2 rings (SSSR count). The molecule has 0 aliphatic heterocycles. The van der Waals surface area contributed by atoms with Crippen molar-refractivity contribution >= 4 is 11.4 Å². The first-order valence-electron chi connectivity index (χ1n) is 6.38. The molecule has 2 aromatic rings. The van der Waals surface area contributed by atoms with Crippen LogP contribution in [0.25, 0.3) is 0 Å². The molecule has 0 atom stereocenters. The molecule has 0 amide bonds. The molecule has 0 unspecified atom stereocenters. The number of alkyl halides is 3. The van der Waals surface area contributed by atoms with Crippen molar-refractivity contribution < 1.29 is 22.3 Å². The average Bonchev–Trinajstić information content (AvgIpc) is 2.43. The normalized spacial score (nSPS) is 9.73. The Bertz CT molecular complexity index is 525. The molecule has 2 aromatic carbocycles. The van der Waals surface area contributed by atoms with E-state index in [-0.39, 0.29) is 11.6 Å². The van der Waals surface area contributed by atoms with E-state index in [2.05, 4.69) is 4.74 Å². The lowest BCUT2D eigenvalue weighted by molar-refractivity contribution is -0.274. The maximum absolute atomic E-state index is 12.1. The van der Waals surface area contributed by atoms with Gasteiger partial charge in [0.05, 0.1) is 0 Å². The summed E-state index contributed by atoms with van der Waals surface area (Å²) in [6.07, 6.45) is -4.64. The average molecular weight is 318 g/mol. The van der Waals surface area contributed by atoms with Gasteiger partial charge in [0.2, 0.25) is 0 Å². The molecule has 0 saturated carbocycles. The van der Waals surface area contributed by atoms with Gasteiger partial charge in [-0.25, -0.2) is 4.39 Å². The molecule has 3 nitrogen and oxygen atoms in total. The van der Waals surface area contributed by atoms with Crippen molar-refractivity contribution in [1.29, 1.82) is 0 Å². The van der Waals surface area contributed by atoms with E-state index in [0.29, 0.717) is 11.4 Å². The van der Waals surface area contributed by atoms with Gasteiger partial charge in [-0.1, -0.05) is 19.9 Å². The van der Waals surface area contributed by atoms with Crippen LogP contribution in [0.4, 0.5) is 28.9 Å². The molecule has 4 N–H and O–H groups in total. The number of benzene rings is 2. The largest absolute Gasteiger partial charge is 0.573 e. The van der Waals surface area contributed by atoms with Gasteiger partial charge < -0.3 is 16.2 Å². The predicted molar refractivity (Wildman–Crippen MR) is 79.7 cm³/mol. The summed E-state index contributed by atoms with van der Waals surface area (Å²) < 4.78 is 50.5. The van der Waals surface area contributed by atoms with E-state index < -0.39 is 6.36 Å². The quantitative estimate of drug-likeness (QED) is 0.596. The summed E-state index contributed by atoms with van der Waals surface area (Å²) in [6, 6.07) is 10.8. The third-order valence-corrected chi connectivity index (χ3v) is 1.96. The first-order chi connectivity index (χ1) is 10.3. The molecule has 0 heterocycles.